The lowest BCUT2D eigenvalue weighted by molar-refractivity contribution is 1.08. The molecule has 11 heavy (non-hydrogen) atoms. The number of pyridine rings is 1. The number of halogens is 1. The van der Waals surface area contributed by atoms with E-state index >= 15 is 0 Å². The van der Waals surface area contributed by atoms with E-state index in [9.17, 15) is 0 Å². The molecule has 0 aromatic carbocycles. The third-order valence-electron chi connectivity index (χ3n) is 1.52. The number of hydrogen-bond donors (Lipinski definition) is 0. The van der Waals surface area contributed by atoms with E-state index in [1.54, 1.807) is 0 Å². The van der Waals surface area contributed by atoms with Crippen LogP contribution in [-0.4, -0.2) is 16.6 Å². The normalized spacial score (nSPS) is 9.73. The summed E-state index contributed by atoms with van der Waals surface area (Å²) in [6, 6.07) is 4.11. The Hall–Kier alpha value is -0.320. The minimum absolute atomic E-state index is 0.989. The van der Waals surface area contributed by atoms with Crippen molar-refractivity contribution < 1.29 is 0 Å². The van der Waals surface area contributed by atoms with E-state index in [2.05, 4.69) is 45.6 Å². The Balaban J connectivity index is 2.81. The van der Waals surface area contributed by atoms with Gasteiger partial charge in [-0.3, -0.25) is 4.98 Å². The fourth-order valence-electron chi connectivity index (χ4n) is 0.755. The molecule has 0 spiro atoms. The van der Waals surface area contributed by atoms with Crippen LogP contribution in [0.5, 0.6) is 0 Å². The van der Waals surface area contributed by atoms with Gasteiger partial charge in [0.25, 0.3) is 0 Å². The first kappa shape index (κ1) is 8.77. The molecule has 0 radical (unpaired) electrons. The van der Waals surface area contributed by atoms with E-state index in [0.29, 0.717) is 0 Å². The van der Waals surface area contributed by atoms with Gasteiger partial charge in [-0.15, -0.1) is 0 Å². The first-order valence-electron chi connectivity index (χ1n) is 3.44. The zero-order valence-electron chi connectivity index (χ0n) is 6.71. The molecule has 0 aliphatic heterocycles. The summed E-state index contributed by atoms with van der Waals surface area (Å²) in [5.41, 5.74) is 2.24. The van der Waals surface area contributed by atoms with Crippen molar-refractivity contribution in [3.05, 3.63) is 24.0 Å². The number of aryl methyl sites for hydroxylation is 1. The van der Waals surface area contributed by atoms with Crippen LogP contribution in [0, 0.1) is 6.92 Å². The van der Waals surface area contributed by atoms with Crippen molar-refractivity contribution in [2.24, 2.45) is 0 Å². The molecule has 0 aliphatic carbocycles. The first-order chi connectivity index (χ1) is 5.24. The quantitative estimate of drug-likeness (QED) is 0.461. The van der Waals surface area contributed by atoms with Crippen LogP contribution < -0.4 is 4.90 Å². The Morgan fingerprint density at radius 3 is 2.73 bits per heavy atom. The summed E-state index contributed by atoms with van der Waals surface area (Å²) >= 11 is 2.32. The maximum atomic E-state index is 4.20. The Morgan fingerprint density at radius 1 is 1.55 bits per heavy atom. The summed E-state index contributed by atoms with van der Waals surface area (Å²) in [6.45, 7) is 1.99. The van der Waals surface area contributed by atoms with Gasteiger partial charge in [-0.2, -0.15) is 0 Å². The maximum absolute atomic E-state index is 4.20. The maximum Gasteiger partial charge on any atom is 0.0696 e. The molecule has 2 nitrogen and oxygen atoms in total. The predicted octanol–water partition coefficient (Wildman–Crippen LogP) is 2.22. The average Bonchev–Trinajstić information content (AvgIpc) is 2.05. The monoisotopic (exact) mass is 262 g/mol. The van der Waals surface area contributed by atoms with Gasteiger partial charge in [0, 0.05) is 12.7 Å². The molecular weight excluding hydrogens is 251 g/mol. The fraction of sp³-hybridized carbons (Fsp3) is 0.375. The highest BCUT2D eigenvalue weighted by Gasteiger charge is 1.96. The largest absolute Gasteiger partial charge is 0.364 e. The smallest absolute Gasteiger partial charge is 0.0696 e. The highest BCUT2D eigenvalue weighted by atomic mass is 127. The van der Waals surface area contributed by atoms with Crippen molar-refractivity contribution >= 4 is 28.3 Å². The van der Waals surface area contributed by atoms with Crippen LogP contribution in [0.25, 0.3) is 0 Å². The molecule has 0 N–H and O–H groups in total. The van der Waals surface area contributed by atoms with Gasteiger partial charge < -0.3 is 4.90 Å². The Labute approximate surface area is 80.8 Å². The third kappa shape index (κ3) is 2.32. The lowest BCUT2D eigenvalue weighted by atomic mass is 10.3. The van der Waals surface area contributed by atoms with E-state index in [1.807, 2.05) is 19.2 Å². The van der Waals surface area contributed by atoms with Gasteiger partial charge in [0.2, 0.25) is 0 Å². The minimum atomic E-state index is 0.989. The summed E-state index contributed by atoms with van der Waals surface area (Å²) in [5.74, 6) is 0. The number of anilines is 1. The zero-order chi connectivity index (χ0) is 8.27. The molecule has 0 amide bonds. The number of rotatable bonds is 2. The SMILES string of the molecule is Cc1ccc(N(C)CI)cn1. The summed E-state index contributed by atoms with van der Waals surface area (Å²) in [6.07, 6.45) is 1.90. The van der Waals surface area contributed by atoms with E-state index in [-0.39, 0.29) is 0 Å². The molecule has 0 aliphatic rings. The molecule has 1 aromatic rings. The zero-order valence-corrected chi connectivity index (χ0v) is 8.87. The van der Waals surface area contributed by atoms with E-state index < -0.39 is 0 Å². The second-order valence-electron chi connectivity index (χ2n) is 2.48. The molecule has 3 heteroatoms. The molecule has 0 unspecified atom stereocenters. The van der Waals surface area contributed by atoms with Gasteiger partial charge in [0.1, 0.15) is 0 Å². The lowest BCUT2D eigenvalue weighted by Crippen LogP contribution is -2.13. The molecule has 1 heterocycles. The molecule has 60 valence electrons. The highest BCUT2D eigenvalue weighted by Crippen LogP contribution is 2.11. The van der Waals surface area contributed by atoms with Crippen LogP contribution in [0.1, 0.15) is 5.69 Å². The first-order valence-corrected chi connectivity index (χ1v) is 4.96. The molecule has 0 bridgehead atoms. The van der Waals surface area contributed by atoms with Crippen molar-refractivity contribution in [1.29, 1.82) is 0 Å². The highest BCUT2D eigenvalue weighted by molar-refractivity contribution is 14.1. The molecule has 0 saturated heterocycles. The molecule has 0 saturated carbocycles. The molecular formula is C8H11IN2. The summed E-state index contributed by atoms with van der Waals surface area (Å²) in [4.78, 5) is 6.35. The second kappa shape index (κ2) is 3.90. The van der Waals surface area contributed by atoms with E-state index in [4.69, 9.17) is 0 Å². The Kier molecular flexibility index (Phi) is 3.11. The van der Waals surface area contributed by atoms with E-state index in [0.717, 1.165) is 10.2 Å². The minimum Gasteiger partial charge on any atom is -0.364 e. The van der Waals surface area contributed by atoms with Gasteiger partial charge in [-0.25, -0.2) is 0 Å². The van der Waals surface area contributed by atoms with Crippen LogP contribution in [-0.2, 0) is 0 Å². The van der Waals surface area contributed by atoms with Crippen LogP contribution in [0.2, 0.25) is 0 Å². The standard InChI is InChI=1S/C8H11IN2/c1-7-3-4-8(5-10-7)11(2)6-9/h3-5H,6H2,1-2H3. The van der Waals surface area contributed by atoms with Crippen molar-refractivity contribution in [3.63, 3.8) is 0 Å². The van der Waals surface area contributed by atoms with Gasteiger partial charge in [-0.05, 0) is 19.1 Å². The molecule has 1 aromatic heterocycles. The number of alkyl halides is 1. The van der Waals surface area contributed by atoms with Crippen LogP contribution in [0.3, 0.4) is 0 Å². The van der Waals surface area contributed by atoms with Gasteiger partial charge in [-0.1, -0.05) is 22.6 Å². The van der Waals surface area contributed by atoms with Crippen molar-refractivity contribution in [1.82, 2.24) is 4.98 Å². The second-order valence-corrected chi connectivity index (χ2v) is 3.16. The van der Waals surface area contributed by atoms with Crippen molar-refractivity contribution in [2.75, 3.05) is 16.5 Å². The number of aromatic nitrogens is 1. The molecule has 0 atom stereocenters. The van der Waals surface area contributed by atoms with Gasteiger partial charge >= 0.3 is 0 Å². The predicted molar refractivity (Wildman–Crippen MR) is 56.3 cm³/mol. The summed E-state index contributed by atoms with van der Waals surface area (Å²) in [5, 5.41) is 0. The molecule has 1 rings (SSSR count). The fourth-order valence-corrected chi connectivity index (χ4v) is 1.15. The van der Waals surface area contributed by atoms with Gasteiger partial charge in [0.05, 0.1) is 16.4 Å². The van der Waals surface area contributed by atoms with Crippen molar-refractivity contribution in [2.45, 2.75) is 6.92 Å². The Bertz CT molecular complexity index is 220. The van der Waals surface area contributed by atoms with Crippen LogP contribution in [0.15, 0.2) is 18.3 Å². The topological polar surface area (TPSA) is 16.1 Å². The number of hydrogen-bond acceptors (Lipinski definition) is 2. The van der Waals surface area contributed by atoms with Gasteiger partial charge in [0.15, 0.2) is 0 Å². The van der Waals surface area contributed by atoms with E-state index in [1.165, 1.54) is 5.69 Å². The molecule has 0 fully saturated rings. The summed E-state index contributed by atoms with van der Waals surface area (Å²) in [7, 11) is 2.05. The number of nitrogens with zero attached hydrogens (tertiary/aromatic N) is 2. The summed E-state index contributed by atoms with van der Waals surface area (Å²) < 4.78 is 0.989. The lowest BCUT2D eigenvalue weighted by Gasteiger charge is -2.14. The van der Waals surface area contributed by atoms with Crippen LogP contribution >= 0.6 is 22.6 Å². The Morgan fingerprint density at radius 2 is 2.27 bits per heavy atom. The van der Waals surface area contributed by atoms with Crippen LogP contribution in [0.4, 0.5) is 5.69 Å². The van der Waals surface area contributed by atoms with Crippen molar-refractivity contribution in [3.8, 4) is 0 Å². The average molecular weight is 262 g/mol. The third-order valence-corrected chi connectivity index (χ3v) is 2.54.